The zero-order valence-electron chi connectivity index (χ0n) is 16.5. The highest BCUT2D eigenvalue weighted by molar-refractivity contribution is 5.65. The van der Waals surface area contributed by atoms with Crippen molar-refractivity contribution in [3.05, 3.63) is 83.3 Å². The molecule has 0 radical (unpaired) electrons. The summed E-state index contributed by atoms with van der Waals surface area (Å²) in [4.78, 5) is 16.2. The zero-order chi connectivity index (χ0) is 20.4. The summed E-state index contributed by atoms with van der Waals surface area (Å²) in [6.07, 6.45) is 5.24. The van der Waals surface area contributed by atoms with Gasteiger partial charge in [0.15, 0.2) is 0 Å². The fourth-order valence-corrected chi connectivity index (χ4v) is 3.02. The highest BCUT2D eigenvalue weighted by Crippen LogP contribution is 2.27. The van der Waals surface area contributed by atoms with Crippen LogP contribution < -0.4 is 4.74 Å². The normalized spacial score (nSPS) is 10.9. The van der Waals surface area contributed by atoms with E-state index < -0.39 is 0 Å². The van der Waals surface area contributed by atoms with Gasteiger partial charge in [0.05, 0.1) is 11.9 Å². The van der Waals surface area contributed by atoms with Crippen LogP contribution in [0.4, 0.5) is 4.39 Å². The predicted octanol–water partition coefficient (Wildman–Crippen LogP) is 5.18. The average molecular weight is 388 g/mol. The van der Waals surface area contributed by atoms with Crippen LogP contribution in [0.25, 0.3) is 22.6 Å². The minimum Gasteiger partial charge on any atom is -0.487 e. The second kappa shape index (κ2) is 7.83. The van der Waals surface area contributed by atoms with Gasteiger partial charge in [-0.15, -0.1) is 0 Å². The van der Waals surface area contributed by atoms with Crippen LogP contribution in [0.3, 0.4) is 0 Å². The van der Waals surface area contributed by atoms with Crippen LogP contribution >= 0.6 is 0 Å². The lowest BCUT2D eigenvalue weighted by Gasteiger charge is -2.11. The van der Waals surface area contributed by atoms with Gasteiger partial charge in [-0.25, -0.2) is 9.37 Å². The maximum atomic E-state index is 13.9. The molecule has 0 unspecified atom stereocenters. The van der Waals surface area contributed by atoms with E-state index in [0.717, 1.165) is 39.5 Å². The maximum absolute atomic E-state index is 13.9. The number of benzene rings is 1. The number of aryl methyl sites for hydroxylation is 3. The van der Waals surface area contributed by atoms with Gasteiger partial charge in [0, 0.05) is 29.2 Å². The summed E-state index contributed by atoms with van der Waals surface area (Å²) in [7, 11) is 0. The van der Waals surface area contributed by atoms with Crippen molar-refractivity contribution >= 4 is 0 Å². The third-order valence-corrected chi connectivity index (χ3v) is 4.67. The number of halogens is 1. The third-order valence-electron chi connectivity index (χ3n) is 4.67. The SMILES string of the molecule is Cc1cnc(COc2ccc(-c3cnc(-c4ccc(C)nc4)[nH]3)cc2C)c(F)c1. The van der Waals surface area contributed by atoms with Gasteiger partial charge >= 0.3 is 0 Å². The molecule has 3 heterocycles. The lowest BCUT2D eigenvalue weighted by molar-refractivity contribution is 0.292. The maximum Gasteiger partial charge on any atom is 0.148 e. The molecule has 0 bridgehead atoms. The number of imidazole rings is 1. The number of aromatic amines is 1. The predicted molar refractivity (Wildman–Crippen MR) is 110 cm³/mol. The van der Waals surface area contributed by atoms with E-state index in [9.17, 15) is 4.39 Å². The highest BCUT2D eigenvalue weighted by atomic mass is 19.1. The molecule has 6 heteroatoms. The topological polar surface area (TPSA) is 63.7 Å². The van der Waals surface area contributed by atoms with Crippen LogP contribution in [0, 0.1) is 26.6 Å². The monoisotopic (exact) mass is 388 g/mol. The minimum absolute atomic E-state index is 0.0843. The first kappa shape index (κ1) is 18.8. The summed E-state index contributed by atoms with van der Waals surface area (Å²) < 4.78 is 19.7. The molecule has 0 aliphatic heterocycles. The molecule has 0 aliphatic rings. The molecule has 4 rings (SSSR count). The molecule has 0 aliphatic carbocycles. The van der Waals surface area contributed by atoms with Crippen molar-refractivity contribution < 1.29 is 9.13 Å². The molecule has 0 spiro atoms. The Morgan fingerprint density at radius 2 is 1.72 bits per heavy atom. The number of H-pyrrole nitrogens is 1. The summed E-state index contributed by atoms with van der Waals surface area (Å²) in [5, 5.41) is 0. The van der Waals surface area contributed by atoms with Gasteiger partial charge < -0.3 is 9.72 Å². The van der Waals surface area contributed by atoms with Crippen molar-refractivity contribution in [2.24, 2.45) is 0 Å². The van der Waals surface area contributed by atoms with Crippen molar-refractivity contribution in [3.8, 4) is 28.4 Å². The van der Waals surface area contributed by atoms with Gasteiger partial charge in [0.2, 0.25) is 0 Å². The lowest BCUT2D eigenvalue weighted by Crippen LogP contribution is -2.03. The van der Waals surface area contributed by atoms with Gasteiger partial charge in [0.1, 0.15) is 29.7 Å². The molecule has 3 aromatic heterocycles. The second-order valence-corrected chi connectivity index (χ2v) is 7.04. The van der Waals surface area contributed by atoms with Crippen molar-refractivity contribution in [1.82, 2.24) is 19.9 Å². The van der Waals surface area contributed by atoms with E-state index in [2.05, 4.69) is 19.9 Å². The highest BCUT2D eigenvalue weighted by Gasteiger charge is 2.10. The Morgan fingerprint density at radius 1 is 0.897 bits per heavy atom. The van der Waals surface area contributed by atoms with Gasteiger partial charge in [-0.3, -0.25) is 9.97 Å². The Hall–Kier alpha value is -3.54. The van der Waals surface area contributed by atoms with E-state index in [1.54, 1.807) is 25.5 Å². The summed E-state index contributed by atoms with van der Waals surface area (Å²) in [5.41, 5.74) is 5.83. The third kappa shape index (κ3) is 4.16. The number of nitrogens with zero attached hydrogens (tertiary/aromatic N) is 3. The minimum atomic E-state index is -0.352. The van der Waals surface area contributed by atoms with Gasteiger partial charge in [-0.05, 0) is 68.3 Å². The second-order valence-electron chi connectivity index (χ2n) is 7.04. The molecule has 146 valence electrons. The van der Waals surface area contributed by atoms with Crippen LogP contribution in [-0.2, 0) is 6.61 Å². The molecule has 0 saturated heterocycles. The molecule has 0 atom stereocenters. The fraction of sp³-hybridized carbons (Fsp3) is 0.174. The van der Waals surface area contributed by atoms with Crippen molar-refractivity contribution in [3.63, 3.8) is 0 Å². The summed E-state index contributed by atoms with van der Waals surface area (Å²) in [5.74, 6) is 1.11. The number of hydrogen-bond donors (Lipinski definition) is 1. The van der Waals surface area contributed by atoms with E-state index in [-0.39, 0.29) is 12.4 Å². The van der Waals surface area contributed by atoms with Gasteiger partial charge in [-0.1, -0.05) is 0 Å². The zero-order valence-corrected chi connectivity index (χ0v) is 16.5. The molecular formula is C23H21FN4O. The largest absolute Gasteiger partial charge is 0.487 e. The molecular weight excluding hydrogens is 367 g/mol. The van der Waals surface area contributed by atoms with Crippen LogP contribution in [0.15, 0.2) is 55.0 Å². The van der Waals surface area contributed by atoms with E-state index >= 15 is 0 Å². The van der Waals surface area contributed by atoms with Gasteiger partial charge in [0.25, 0.3) is 0 Å². The van der Waals surface area contributed by atoms with Crippen LogP contribution in [0.2, 0.25) is 0 Å². The van der Waals surface area contributed by atoms with Crippen molar-refractivity contribution in [1.29, 1.82) is 0 Å². The van der Waals surface area contributed by atoms with E-state index in [4.69, 9.17) is 4.74 Å². The Morgan fingerprint density at radius 3 is 2.45 bits per heavy atom. The fourth-order valence-electron chi connectivity index (χ4n) is 3.02. The molecule has 1 aromatic carbocycles. The smallest absolute Gasteiger partial charge is 0.148 e. The summed E-state index contributed by atoms with van der Waals surface area (Å²) in [6.45, 7) is 5.80. The van der Waals surface area contributed by atoms with Crippen molar-refractivity contribution in [2.45, 2.75) is 27.4 Å². The van der Waals surface area contributed by atoms with E-state index in [1.165, 1.54) is 6.07 Å². The number of nitrogens with one attached hydrogen (secondary N) is 1. The lowest BCUT2D eigenvalue weighted by atomic mass is 10.1. The molecule has 0 fully saturated rings. The van der Waals surface area contributed by atoms with Crippen LogP contribution in [-0.4, -0.2) is 19.9 Å². The van der Waals surface area contributed by atoms with Crippen LogP contribution in [0.1, 0.15) is 22.5 Å². The summed E-state index contributed by atoms with van der Waals surface area (Å²) >= 11 is 0. The Balaban J connectivity index is 1.50. The van der Waals surface area contributed by atoms with E-state index in [1.807, 2.05) is 44.2 Å². The molecule has 0 saturated carbocycles. The first-order valence-electron chi connectivity index (χ1n) is 9.32. The molecule has 29 heavy (non-hydrogen) atoms. The first-order valence-corrected chi connectivity index (χ1v) is 9.32. The molecule has 1 N–H and O–H groups in total. The Kier molecular flexibility index (Phi) is 5.08. The quantitative estimate of drug-likeness (QED) is 0.512. The number of rotatable bonds is 5. The number of hydrogen-bond acceptors (Lipinski definition) is 4. The van der Waals surface area contributed by atoms with Crippen LogP contribution in [0.5, 0.6) is 5.75 Å². The average Bonchev–Trinajstić information content (AvgIpc) is 3.19. The summed E-state index contributed by atoms with van der Waals surface area (Å²) in [6, 6.07) is 11.3. The Bertz CT molecular complexity index is 1150. The first-order chi connectivity index (χ1) is 14.0. The molecule has 5 nitrogen and oxygen atoms in total. The van der Waals surface area contributed by atoms with E-state index in [0.29, 0.717) is 11.4 Å². The standard InChI is InChI=1S/C23H21FN4O/c1-14-8-19(24)21(26-10-14)13-29-22-7-6-17(9-15(22)2)20-12-27-23(28-20)18-5-4-16(3)25-11-18/h4-12H,13H2,1-3H3,(H,27,28). The number of pyridine rings is 2. The number of aromatic nitrogens is 4. The number of ether oxygens (including phenoxy) is 1. The van der Waals surface area contributed by atoms with Crippen molar-refractivity contribution in [2.75, 3.05) is 0 Å². The molecule has 0 amide bonds. The Labute approximate surface area is 168 Å². The van der Waals surface area contributed by atoms with Gasteiger partial charge in [-0.2, -0.15) is 0 Å². The molecule has 4 aromatic rings.